The van der Waals surface area contributed by atoms with Crippen LogP contribution < -0.4 is 4.74 Å². The lowest BCUT2D eigenvalue weighted by Crippen LogP contribution is -2.60. The third-order valence-electron chi connectivity index (χ3n) is 3.95. The summed E-state index contributed by atoms with van der Waals surface area (Å²) in [4.78, 5) is 22.8. The van der Waals surface area contributed by atoms with Crippen LogP contribution in [0.4, 0.5) is 0 Å². The SMILES string of the molecule is COc1ccc(CO[C@@H]2[C@@H](OC(C)=O)[C@H](C)O[C@H](O)[C@@H]2OC(C)=O)cc1. The summed E-state index contributed by atoms with van der Waals surface area (Å²) in [6.07, 6.45) is -4.86. The lowest BCUT2D eigenvalue weighted by atomic mass is 9.99. The van der Waals surface area contributed by atoms with Gasteiger partial charge in [-0.25, -0.2) is 0 Å². The molecule has 1 aliphatic rings. The van der Waals surface area contributed by atoms with Crippen molar-refractivity contribution in [1.29, 1.82) is 0 Å². The Balaban J connectivity index is 2.18. The average molecular weight is 368 g/mol. The van der Waals surface area contributed by atoms with Gasteiger partial charge < -0.3 is 28.8 Å². The number of benzene rings is 1. The summed E-state index contributed by atoms with van der Waals surface area (Å²) in [5, 5.41) is 10.1. The minimum absolute atomic E-state index is 0.156. The largest absolute Gasteiger partial charge is 0.497 e. The number of ether oxygens (including phenoxy) is 5. The van der Waals surface area contributed by atoms with Gasteiger partial charge in [-0.3, -0.25) is 9.59 Å². The summed E-state index contributed by atoms with van der Waals surface area (Å²) in [7, 11) is 1.57. The van der Waals surface area contributed by atoms with E-state index >= 15 is 0 Å². The van der Waals surface area contributed by atoms with Gasteiger partial charge in [-0.1, -0.05) is 12.1 Å². The Morgan fingerprint density at radius 2 is 1.62 bits per heavy atom. The molecular weight excluding hydrogens is 344 g/mol. The summed E-state index contributed by atoms with van der Waals surface area (Å²) in [6, 6.07) is 7.21. The number of aliphatic hydroxyl groups is 1. The first-order valence-electron chi connectivity index (χ1n) is 8.24. The van der Waals surface area contributed by atoms with Crippen LogP contribution in [0, 0.1) is 0 Å². The lowest BCUT2D eigenvalue weighted by molar-refractivity contribution is -0.294. The Labute approximate surface area is 151 Å². The van der Waals surface area contributed by atoms with E-state index in [0.717, 1.165) is 5.56 Å². The molecule has 1 saturated heterocycles. The van der Waals surface area contributed by atoms with Crippen molar-refractivity contribution in [2.75, 3.05) is 7.11 Å². The van der Waals surface area contributed by atoms with E-state index in [9.17, 15) is 14.7 Å². The first-order valence-corrected chi connectivity index (χ1v) is 8.24. The number of carbonyl (C=O) groups excluding carboxylic acids is 2. The molecule has 1 N–H and O–H groups in total. The monoisotopic (exact) mass is 368 g/mol. The average Bonchev–Trinajstić information content (AvgIpc) is 2.58. The molecule has 8 heteroatoms. The van der Waals surface area contributed by atoms with Gasteiger partial charge in [-0.15, -0.1) is 0 Å². The van der Waals surface area contributed by atoms with E-state index in [1.807, 2.05) is 12.1 Å². The molecule has 0 aliphatic carbocycles. The Bertz CT molecular complexity index is 586. The molecule has 0 unspecified atom stereocenters. The Hall–Kier alpha value is -2.16. The highest BCUT2D eigenvalue weighted by Crippen LogP contribution is 2.28. The van der Waals surface area contributed by atoms with Crippen LogP contribution >= 0.6 is 0 Å². The van der Waals surface area contributed by atoms with Crippen molar-refractivity contribution < 1.29 is 38.4 Å². The second-order valence-electron chi connectivity index (χ2n) is 6.00. The van der Waals surface area contributed by atoms with Gasteiger partial charge in [0.05, 0.1) is 19.8 Å². The number of hydrogen-bond donors (Lipinski definition) is 1. The fraction of sp³-hybridized carbons (Fsp3) is 0.556. The zero-order valence-corrected chi connectivity index (χ0v) is 15.2. The zero-order valence-electron chi connectivity index (χ0n) is 15.2. The van der Waals surface area contributed by atoms with Crippen molar-refractivity contribution in [2.45, 2.75) is 58.1 Å². The van der Waals surface area contributed by atoms with Gasteiger partial charge >= 0.3 is 11.9 Å². The van der Waals surface area contributed by atoms with Crippen LogP contribution in [0.1, 0.15) is 26.3 Å². The molecule has 8 nitrogen and oxygen atoms in total. The fourth-order valence-electron chi connectivity index (χ4n) is 2.77. The number of methoxy groups -OCH3 is 1. The van der Waals surface area contributed by atoms with Gasteiger partial charge in [0.25, 0.3) is 0 Å². The highest BCUT2D eigenvalue weighted by atomic mass is 16.7. The van der Waals surface area contributed by atoms with Crippen LogP contribution in [-0.4, -0.2) is 54.9 Å². The molecule has 0 amide bonds. The zero-order chi connectivity index (χ0) is 19.3. The van der Waals surface area contributed by atoms with E-state index in [1.54, 1.807) is 26.2 Å². The number of esters is 2. The summed E-state index contributed by atoms with van der Waals surface area (Å²) in [5.74, 6) is -0.423. The molecule has 1 aliphatic heterocycles. The van der Waals surface area contributed by atoms with Crippen LogP contribution in [0.15, 0.2) is 24.3 Å². The van der Waals surface area contributed by atoms with Crippen molar-refractivity contribution in [3.8, 4) is 5.75 Å². The van der Waals surface area contributed by atoms with E-state index in [-0.39, 0.29) is 6.61 Å². The van der Waals surface area contributed by atoms with Crippen molar-refractivity contribution in [3.63, 3.8) is 0 Å². The fourth-order valence-corrected chi connectivity index (χ4v) is 2.77. The standard InChI is InChI=1S/C18H24O8/c1-10-15(25-11(2)19)16(17(18(21)24-10)26-12(3)20)23-9-13-5-7-14(22-4)8-6-13/h5-8,10,15-18,21H,9H2,1-4H3/t10-,15-,16+,17+,18-/m0/s1. The predicted octanol–water partition coefficient (Wildman–Crippen LogP) is 1.18. The summed E-state index contributed by atoms with van der Waals surface area (Å²) in [5.41, 5.74) is 0.836. The minimum Gasteiger partial charge on any atom is -0.497 e. The molecular formula is C18H24O8. The maximum Gasteiger partial charge on any atom is 0.303 e. The molecule has 144 valence electrons. The molecule has 0 radical (unpaired) electrons. The molecule has 0 bridgehead atoms. The third-order valence-corrected chi connectivity index (χ3v) is 3.95. The first-order chi connectivity index (χ1) is 12.3. The van der Waals surface area contributed by atoms with Crippen molar-refractivity contribution in [2.24, 2.45) is 0 Å². The molecule has 1 heterocycles. The highest BCUT2D eigenvalue weighted by molar-refractivity contribution is 5.67. The van der Waals surface area contributed by atoms with Crippen LogP contribution in [0.2, 0.25) is 0 Å². The normalized spacial score (nSPS) is 28.3. The number of carbonyl (C=O) groups is 2. The Morgan fingerprint density at radius 1 is 1.04 bits per heavy atom. The van der Waals surface area contributed by atoms with Gasteiger partial charge in [0, 0.05) is 13.8 Å². The molecule has 1 aromatic carbocycles. The maximum atomic E-state index is 11.4. The molecule has 1 fully saturated rings. The van der Waals surface area contributed by atoms with Gasteiger partial charge in [0.2, 0.25) is 0 Å². The number of rotatable bonds is 6. The second-order valence-corrected chi connectivity index (χ2v) is 6.00. The molecule has 5 atom stereocenters. The number of hydrogen-bond acceptors (Lipinski definition) is 8. The van der Waals surface area contributed by atoms with E-state index in [0.29, 0.717) is 5.75 Å². The van der Waals surface area contributed by atoms with E-state index in [1.165, 1.54) is 13.8 Å². The van der Waals surface area contributed by atoms with Crippen LogP contribution in [0.25, 0.3) is 0 Å². The highest BCUT2D eigenvalue weighted by Gasteiger charge is 2.48. The molecule has 0 spiro atoms. The topological polar surface area (TPSA) is 101 Å². The molecule has 1 aromatic rings. The van der Waals surface area contributed by atoms with Gasteiger partial charge in [0.15, 0.2) is 18.5 Å². The third kappa shape index (κ3) is 5.17. The Morgan fingerprint density at radius 3 is 2.15 bits per heavy atom. The van der Waals surface area contributed by atoms with Crippen LogP contribution in [-0.2, 0) is 35.1 Å². The van der Waals surface area contributed by atoms with Crippen LogP contribution in [0.5, 0.6) is 5.75 Å². The van der Waals surface area contributed by atoms with E-state index in [2.05, 4.69) is 0 Å². The quantitative estimate of drug-likeness (QED) is 0.747. The second kappa shape index (κ2) is 8.98. The predicted molar refractivity (Wildman–Crippen MR) is 89.2 cm³/mol. The van der Waals surface area contributed by atoms with Crippen LogP contribution in [0.3, 0.4) is 0 Å². The van der Waals surface area contributed by atoms with Gasteiger partial charge in [0.1, 0.15) is 11.9 Å². The first kappa shape index (κ1) is 20.2. The molecule has 26 heavy (non-hydrogen) atoms. The summed E-state index contributed by atoms with van der Waals surface area (Å²) >= 11 is 0. The van der Waals surface area contributed by atoms with Crippen molar-refractivity contribution in [1.82, 2.24) is 0 Å². The van der Waals surface area contributed by atoms with E-state index < -0.39 is 42.6 Å². The Kier molecular flexibility index (Phi) is 6.96. The van der Waals surface area contributed by atoms with E-state index in [4.69, 9.17) is 23.7 Å². The summed E-state index contributed by atoms with van der Waals surface area (Å²) in [6.45, 7) is 4.28. The molecule has 2 rings (SSSR count). The van der Waals surface area contributed by atoms with Crippen molar-refractivity contribution >= 4 is 11.9 Å². The number of aliphatic hydroxyl groups excluding tert-OH is 1. The van der Waals surface area contributed by atoms with Crippen molar-refractivity contribution in [3.05, 3.63) is 29.8 Å². The smallest absolute Gasteiger partial charge is 0.303 e. The molecule has 0 aromatic heterocycles. The van der Waals surface area contributed by atoms with Gasteiger partial charge in [-0.2, -0.15) is 0 Å². The summed E-state index contributed by atoms with van der Waals surface area (Å²) < 4.78 is 26.8. The lowest BCUT2D eigenvalue weighted by Gasteiger charge is -2.42. The minimum atomic E-state index is -1.39. The van der Waals surface area contributed by atoms with Gasteiger partial charge in [-0.05, 0) is 24.6 Å². The molecule has 0 saturated carbocycles. The maximum absolute atomic E-state index is 11.4.